The van der Waals surface area contributed by atoms with Gasteiger partial charge >= 0.3 is 0 Å². The van der Waals surface area contributed by atoms with Gasteiger partial charge in [0.2, 0.25) is 0 Å². The summed E-state index contributed by atoms with van der Waals surface area (Å²) >= 11 is 1.56. The monoisotopic (exact) mass is 281 g/mol. The maximum absolute atomic E-state index is 10.0. The summed E-state index contributed by atoms with van der Waals surface area (Å²) in [5.74, 6) is 0. The van der Waals surface area contributed by atoms with Crippen LogP contribution in [-0.4, -0.2) is 51.4 Å². The molecule has 0 spiro atoms. The van der Waals surface area contributed by atoms with Crippen molar-refractivity contribution in [1.29, 1.82) is 0 Å². The van der Waals surface area contributed by atoms with Gasteiger partial charge in [0.15, 0.2) is 6.23 Å². The van der Waals surface area contributed by atoms with Gasteiger partial charge in [-0.05, 0) is 23.1 Å². The zero-order valence-electron chi connectivity index (χ0n) is 10.1. The van der Waals surface area contributed by atoms with E-state index in [1.807, 2.05) is 17.5 Å². The first-order valence-electron chi connectivity index (χ1n) is 5.99. The number of aliphatic hydroxyl groups is 3. The van der Waals surface area contributed by atoms with Gasteiger partial charge < -0.3 is 25.0 Å². The Labute approximate surface area is 114 Å². The fourth-order valence-corrected chi connectivity index (χ4v) is 3.27. The highest BCUT2D eigenvalue weighted by Crippen LogP contribution is 2.37. The molecule has 0 radical (unpaired) electrons. The molecule has 2 aliphatic rings. The molecule has 0 aliphatic carbocycles. The second kappa shape index (κ2) is 4.73. The molecule has 3 N–H and O–H groups in total. The SMILES string of the molecule is C=C1c2sccc2C=CN1[C@@H]1O[C@H](CO)C(O)[C@@H]1O. The minimum atomic E-state index is -1.10. The quantitative estimate of drug-likeness (QED) is 0.734. The van der Waals surface area contributed by atoms with Crippen LogP contribution in [0.4, 0.5) is 0 Å². The minimum absolute atomic E-state index is 0.330. The summed E-state index contributed by atoms with van der Waals surface area (Å²) in [5, 5.41) is 30.9. The molecule has 4 atom stereocenters. The molecule has 1 aromatic rings. The molecule has 1 unspecified atom stereocenters. The number of hydrogen-bond donors (Lipinski definition) is 3. The van der Waals surface area contributed by atoms with Crippen LogP contribution in [0.3, 0.4) is 0 Å². The lowest BCUT2D eigenvalue weighted by molar-refractivity contribution is -0.0612. The van der Waals surface area contributed by atoms with E-state index in [-0.39, 0.29) is 6.61 Å². The highest BCUT2D eigenvalue weighted by molar-refractivity contribution is 7.11. The lowest BCUT2D eigenvalue weighted by Crippen LogP contribution is -2.41. The van der Waals surface area contributed by atoms with E-state index in [1.165, 1.54) is 0 Å². The first kappa shape index (κ1) is 12.8. The van der Waals surface area contributed by atoms with Gasteiger partial charge in [0.25, 0.3) is 0 Å². The second-order valence-electron chi connectivity index (χ2n) is 4.60. The third-order valence-corrected chi connectivity index (χ3v) is 4.45. The first-order valence-corrected chi connectivity index (χ1v) is 6.87. The molecular weight excluding hydrogens is 266 g/mol. The van der Waals surface area contributed by atoms with Crippen LogP contribution in [0.1, 0.15) is 10.4 Å². The van der Waals surface area contributed by atoms with Crippen LogP contribution < -0.4 is 0 Å². The van der Waals surface area contributed by atoms with E-state index in [0.29, 0.717) is 0 Å². The Kier molecular flexibility index (Phi) is 3.20. The van der Waals surface area contributed by atoms with Crippen molar-refractivity contribution in [2.45, 2.75) is 24.5 Å². The summed E-state index contributed by atoms with van der Waals surface area (Å²) in [4.78, 5) is 2.71. The summed E-state index contributed by atoms with van der Waals surface area (Å²) in [6, 6.07) is 2.00. The van der Waals surface area contributed by atoms with E-state index in [1.54, 1.807) is 22.4 Å². The van der Waals surface area contributed by atoms with Gasteiger partial charge in [-0.1, -0.05) is 6.58 Å². The predicted octanol–water partition coefficient (Wildman–Crippen LogP) is 0.444. The molecule has 0 saturated carbocycles. The molecule has 6 heteroatoms. The Morgan fingerprint density at radius 1 is 1.37 bits per heavy atom. The molecule has 0 amide bonds. The summed E-state index contributed by atoms with van der Waals surface area (Å²) in [5.41, 5.74) is 1.81. The predicted molar refractivity (Wildman–Crippen MR) is 72.0 cm³/mol. The summed E-state index contributed by atoms with van der Waals surface area (Å²) < 4.78 is 5.51. The van der Waals surface area contributed by atoms with E-state index in [2.05, 4.69) is 6.58 Å². The van der Waals surface area contributed by atoms with Crippen molar-refractivity contribution >= 4 is 23.1 Å². The lowest BCUT2D eigenvalue weighted by Gasteiger charge is -2.32. The van der Waals surface area contributed by atoms with Gasteiger partial charge in [-0.3, -0.25) is 0 Å². The fraction of sp³-hybridized carbons (Fsp3) is 0.385. The van der Waals surface area contributed by atoms with Crippen LogP contribution in [0.5, 0.6) is 0 Å². The van der Waals surface area contributed by atoms with Crippen LogP contribution in [0.15, 0.2) is 24.2 Å². The maximum atomic E-state index is 10.0. The van der Waals surface area contributed by atoms with Gasteiger partial charge in [0.05, 0.1) is 17.2 Å². The molecule has 3 rings (SSSR count). The van der Waals surface area contributed by atoms with E-state index in [4.69, 9.17) is 9.84 Å². The van der Waals surface area contributed by atoms with Crippen LogP contribution in [0.25, 0.3) is 11.8 Å². The summed E-state index contributed by atoms with van der Waals surface area (Å²) in [6.45, 7) is 3.68. The molecule has 19 heavy (non-hydrogen) atoms. The standard InChI is InChI=1S/C13H15NO4S/c1-7-12-8(3-5-19-12)2-4-14(7)13-11(17)10(16)9(6-15)18-13/h2-5,9-11,13,15-17H,1,6H2/t9-,10?,11+,13-/m1/s1. The molecule has 0 aromatic carbocycles. The number of ether oxygens (including phenoxy) is 1. The van der Waals surface area contributed by atoms with Crippen molar-refractivity contribution in [3.05, 3.63) is 34.7 Å². The van der Waals surface area contributed by atoms with Gasteiger partial charge in [0, 0.05) is 6.20 Å². The topological polar surface area (TPSA) is 73.2 Å². The Morgan fingerprint density at radius 3 is 2.84 bits per heavy atom. The maximum Gasteiger partial charge on any atom is 0.163 e. The number of fused-ring (bicyclic) bond motifs is 1. The van der Waals surface area contributed by atoms with Crippen molar-refractivity contribution in [1.82, 2.24) is 4.90 Å². The zero-order valence-corrected chi connectivity index (χ0v) is 11.0. The Morgan fingerprint density at radius 2 is 2.16 bits per heavy atom. The molecule has 0 bridgehead atoms. The van der Waals surface area contributed by atoms with Gasteiger partial charge in [-0.25, -0.2) is 0 Å². The van der Waals surface area contributed by atoms with Crippen molar-refractivity contribution in [3.63, 3.8) is 0 Å². The second-order valence-corrected chi connectivity index (χ2v) is 5.52. The zero-order chi connectivity index (χ0) is 13.6. The fourth-order valence-electron chi connectivity index (χ4n) is 2.40. The molecule has 1 saturated heterocycles. The molecule has 3 heterocycles. The van der Waals surface area contributed by atoms with Crippen molar-refractivity contribution in [2.75, 3.05) is 6.61 Å². The third-order valence-electron chi connectivity index (χ3n) is 3.48. The Balaban J connectivity index is 1.87. The number of thiophene rings is 1. The average Bonchev–Trinajstić information content (AvgIpc) is 2.98. The van der Waals surface area contributed by atoms with Crippen molar-refractivity contribution < 1.29 is 20.1 Å². The van der Waals surface area contributed by atoms with Crippen LogP contribution in [0.2, 0.25) is 0 Å². The Bertz CT molecular complexity index is 526. The smallest absolute Gasteiger partial charge is 0.163 e. The molecule has 1 aromatic heterocycles. The molecule has 5 nitrogen and oxygen atoms in total. The van der Waals surface area contributed by atoms with Gasteiger partial charge in [0.1, 0.15) is 18.3 Å². The highest BCUT2D eigenvalue weighted by atomic mass is 32.1. The molecule has 102 valence electrons. The normalized spacial score (nSPS) is 33.8. The number of aliphatic hydroxyl groups excluding tert-OH is 3. The average molecular weight is 281 g/mol. The van der Waals surface area contributed by atoms with Crippen molar-refractivity contribution in [3.8, 4) is 0 Å². The van der Waals surface area contributed by atoms with Crippen LogP contribution >= 0.6 is 11.3 Å². The van der Waals surface area contributed by atoms with Crippen molar-refractivity contribution in [2.24, 2.45) is 0 Å². The van der Waals surface area contributed by atoms with E-state index in [9.17, 15) is 10.2 Å². The lowest BCUT2D eigenvalue weighted by atomic mass is 10.1. The first-order chi connectivity index (χ1) is 9.13. The van der Waals surface area contributed by atoms with E-state index < -0.39 is 24.5 Å². The number of rotatable bonds is 2. The van der Waals surface area contributed by atoms with Gasteiger partial charge in [-0.2, -0.15) is 0 Å². The van der Waals surface area contributed by atoms with Crippen LogP contribution in [-0.2, 0) is 4.74 Å². The number of nitrogens with zero attached hydrogens (tertiary/aromatic N) is 1. The summed E-state index contributed by atoms with van der Waals surface area (Å²) in [6.07, 6.45) is 0.00516. The largest absolute Gasteiger partial charge is 0.394 e. The number of hydrogen-bond acceptors (Lipinski definition) is 6. The molecule has 2 aliphatic heterocycles. The third kappa shape index (κ3) is 1.92. The molecule has 1 fully saturated rings. The highest BCUT2D eigenvalue weighted by Gasteiger charge is 2.45. The van der Waals surface area contributed by atoms with Gasteiger partial charge in [-0.15, -0.1) is 11.3 Å². The minimum Gasteiger partial charge on any atom is -0.394 e. The van der Waals surface area contributed by atoms with E-state index in [0.717, 1.165) is 16.1 Å². The Hall–Kier alpha value is -1.18. The molecular formula is C13H15NO4S. The van der Waals surface area contributed by atoms with E-state index >= 15 is 0 Å². The van der Waals surface area contributed by atoms with Crippen LogP contribution in [0, 0.1) is 0 Å². The summed E-state index contributed by atoms with van der Waals surface area (Å²) in [7, 11) is 0.